The summed E-state index contributed by atoms with van der Waals surface area (Å²) in [5.74, 6) is 0.862. The van der Waals surface area contributed by atoms with Gasteiger partial charge >= 0.3 is 0 Å². The highest BCUT2D eigenvalue weighted by Crippen LogP contribution is 2.53. The number of rotatable bonds is 5. The maximum absolute atomic E-state index is 13.5. The van der Waals surface area contributed by atoms with E-state index in [4.69, 9.17) is 16.1 Å². The van der Waals surface area contributed by atoms with Gasteiger partial charge in [0, 0.05) is 44.1 Å². The van der Waals surface area contributed by atoms with Gasteiger partial charge in [-0.2, -0.15) is 0 Å². The van der Waals surface area contributed by atoms with Crippen LogP contribution in [0, 0.1) is 5.41 Å². The van der Waals surface area contributed by atoms with E-state index in [0.717, 1.165) is 25.7 Å². The van der Waals surface area contributed by atoms with Crippen molar-refractivity contribution in [3.8, 4) is 0 Å². The van der Waals surface area contributed by atoms with E-state index in [0.29, 0.717) is 49.7 Å². The zero-order valence-corrected chi connectivity index (χ0v) is 17.0. The van der Waals surface area contributed by atoms with Gasteiger partial charge in [0.1, 0.15) is 5.76 Å². The number of fused-ring (bicyclic) bond motifs is 2. The van der Waals surface area contributed by atoms with Crippen LogP contribution in [-0.4, -0.2) is 63.2 Å². The maximum atomic E-state index is 13.5. The van der Waals surface area contributed by atoms with Gasteiger partial charge < -0.3 is 19.4 Å². The van der Waals surface area contributed by atoms with Crippen molar-refractivity contribution < 1.29 is 19.2 Å². The zero-order valence-electron chi connectivity index (χ0n) is 16.3. The van der Waals surface area contributed by atoms with Crippen LogP contribution in [0.3, 0.4) is 0 Å². The molecule has 0 aromatic carbocycles. The normalized spacial score (nSPS) is 30.2. The van der Waals surface area contributed by atoms with Crippen molar-refractivity contribution in [2.75, 3.05) is 13.1 Å². The van der Waals surface area contributed by atoms with Gasteiger partial charge in [0.15, 0.2) is 5.15 Å². The molecule has 3 aliphatic rings. The summed E-state index contributed by atoms with van der Waals surface area (Å²) in [4.78, 5) is 30.4. The average Bonchev–Trinajstić information content (AvgIpc) is 3.39. The molecule has 28 heavy (non-hydrogen) atoms. The topological polar surface area (TPSA) is 86.9 Å². The van der Waals surface area contributed by atoms with Crippen molar-refractivity contribution in [2.24, 2.45) is 5.41 Å². The highest BCUT2D eigenvalue weighted by molar-refractivity contribution is 6.29. The second-order valence-electron chi connectivity index (χ2n) is 8.40. The Morgan fingerprint density at radius 2 is 2.07 bits per heavy atom. The third-order valence-electron chi connectivity index (χ3n) is 6.95. The van der Waals surface area contributed by atoms with Crippen molar-refractivity contribution >= 4 is 23.4 Å². The second-order valence-corrected chi connectivity index (χ2v) is 8.79. The fourth-order valence-corrected chi connectivity index (χ4v) is 5.63. The first-order chi connectivity index (χ1) is 13.4. The Labute approximate surface area is 170 Å². The van der Waals surface area contributed by atoms with Crippen LogP contribution in [0.4, 0.5) is 0 Å². The number of nitrogens with zero attached hydrogens (tertiary/aromatic N) is 3. The predicted molar refractivity (Wildman–Crippen MR) is 103 cm³/mol. The summed E-state index contributed by atoms with van der Waals surface area (Å²) in [5, 5.41) is 13.7. The third-order valence-corrected chi connectivity index (χ3v) is 7.13. The Morgan fingerprint density at radius 1 is 1.32 bits per heavy atom. The maximum Gasteiger partial charge on any atom is 0.230 e. The lowest BCUT2D eigenvalue weighted by molar-refractivity contribution is -0.147. The smallest absolute Gasteiger partial charge is 0.230 e. The number of aromatic nitrogens is 1. The molecule has 1 aromatic heterocycles. The number of hydrogen-bond acceptors (Lipinski definition) is 5. The number of piperidine rings is 1. The molecular formula is C20H28ClN3O4. The molecule has 4 rings (SSSR count). The van der Waals surface area contributed by atoms with Crippen LogP contribution in [0.25, 0.3) is 0 Å². The van der Waals surface area contributed by atoms with Crippen molar-refractivity contribution in [1.82, 2.24) is 15.0 Å². The molecule has 0 spiro atoms. The Kier molecular flexibility index (Phi) is 5.40. The van der Waals surface area contributed by atoms with Crippen LogP contribution >= 0.6 is 11.6 Å². The highest BCUT2D eigenvalue weighted by atomic mass is 35.5. The first kappa shape index (κ1) is 19.7. The van der Waals surface area contributed by atoms with E-state index in [1.807, 2.05) is 9.80 Å². The van der Waals surface area contributed by atoms with Crippen molar-refractivity contribution in [3.63, 3.8) is 0 Å². The summed E-state index contributed by atoms with van der Waals surface area (Å²) in [6.07, 6.45) is 5.14. The molecule has 3 aliphatic heterocycles. The van der Waals surface area contributed by atoms with Crippen LogP contribution in [0.1, 0.15) is 57.6 Å². The Balaban J connectivity index is 1.46. The van der Waals surface area contributed by atoms with Gasteiger partial charge in [0.2, 0.25) is 11.8 Å². The third kappa shape index (κ3) is 3.32. The number of aliphatic hydroxyl groups excluding tert-OH is 1. The minimum atomic E-state index is -0.476. The van der Waals surface area contributed by atoms with Gasteiger partial charge in [-0.25, -0.2) is 0 Å². The van der Waals surface area contributed by atoms with E-state index in [1.54, 1.807) is 6.07 Å². The van der Waals surface area contributed by atoms with Crippen LogP contribution in [0.5, 0.6) is 0 Å². The van der Waals surface area contributed by atoms with E-state index in [-0.39, 0.29) is 30.0 Å². The summed E-state index contributed by atoms with van der Waals surface area (Å²) in [6.45, 7) is 3.29. The van der Waals surface area contributed by atoms with Crippen LogP contribution < -0.4 is 0 Å². The summed E-state index contributed by atoms with van der Waals surface area (Å²) >= 11 is 5.78. The Bertz CT molecular complexity index is 746. The minimum Gasteiger partial charge on any atom is -0.393 e. The summed E-state index contributed by atoms with van der Waals surface area (Å²) < 4.78 is 5.10. The van der Waals surface area contributed by atoms with Gasteiger partial charge in [-0.1, -0.05) is 23.7 Å². The van der Waals surface area contributed by atoms with Crippen molar-refractivity contribution in [3.05, 3.63) is 17.0 Å². The van der Waals surface area contributed by atoms with E-state index in [2.05, 4.69) is 12.1 Å². The molecule has 1 aromatic rings. The molecular weight excluding hydrogens is 382 g/mol. The van der Waals surface area contributed by atoms with Crippen LogP contribution in [0.15, 0.2) is 10.6 Å². The molecule has 3 fully saturated rings. The van der Waals surface area contributed by atoms with Crippen molar-refractivity contribution in [1.29, 1.82) is 0 Å². The van der Waals surface area contributed by atoms with Crippen LogP contribution in [-0.2, 0) is 16.0 Å². The Morgan fingerprint density at radius 3 is 2.71 bits per heavy atom. The zero-order chi connectivity index (χ0) is 19.9. The molecule has 2 amide bonds. The largest absolute Gasteiger partial charge is 0.393 e. The van der Waals surface area contributed by atoms with Gasteiger partial charge in [0.05, 0.1) is 11.5 Å². The number of aryl methyl sites for hydroxylation is 1. The SMILES string of the molecule is CC[C@]1(C(=O)N2CCC(O)CC2)C[C@H]2CC[C@@H]1N2C(=O)CCc1cc(Cl)no1. The lowest BCUT2D eigenvalue weighted by atomic mass is 9.70. The lowest BCUT2D eigenvalue weighted by Gasteiger charge is -2.41. The minimum absolute atomic E-state index is 0.0207. The standard InChI is InChI=1S/C20H28ClN3O4/c1-2-20(19(27)23-9-7-14(25)8-10-23)12-13-3-5-16(20)24(13)18(26)6-4-15-11-17(21)22-28-15/h11,13-14,16,25H,2-10,12H2,1H3/t13-,16+,20+/m1/s1. The number of carbonyl (C=O) groups excluding carboxylic acids is 2. The summed E-state index contributed by atoms with van der Waals surface area (Å²) in [7, 11) is 0. The highest BCUT2D eigenvalue weighted by Gasteiger charge is 2.60. The fourth-order valence-electron chi connectivity index (χ4n) is 5.47. The van der Waals surface area contributed by atoms with Crippen LogP contribution in [0.2, 0.25) is 5.15 Å². The molecule has 3 atom stereocenters. The number of amides is 2. The molecule has 1 N–H and O–H groups in total. The molecule has 0 saturated carbocycles. The van der Waals surface area contributed by atoms with Crippen molar-refractivity contribution in [2.45, 2.75) is 76.5 Å². The number of halogens is 1. The fraction of sp³-hybridized carbons (Fsp3) is 0.750. The van der Waals surface area contributed by atoms with Gasteiger partial charge in [-0.3, -0.25) is 9.59 Å². The number of hydrogen-bond donors (Lipinski definition) is 1. The molecule has 0 aliphatic carbocycles. The molecule has 154 valence electrons. The molecule has 4 heterocycles. The Hall–Kier alpha value is -1.60. The van der Waals surface area contributed by atoms with E-state index >= 15 is 0 Å². The number of likely N-dealkylation sites (tertiary alicyclic amines) is 1. The van der Waals surface area contributed by atoms with E-state index in [9.17, 15) is 14.7 Å². The second kappa shape index (κ2) is 7.67. The first-order valence-corrected chi connectivity index (χ1v) is 10.7. The molecule has 7 nitrogen and oxygen atoms in total. The van der Waals surface area contributed by atoms with Gasteiger partial charge in [-0.15, -0.1) is 0 Å². The molecule has 2 bridgehead atoms. The molecule has 8 heteroatoms. The summed E-state index contributed by atoms with van der Waals surface area (Å²) in [6, 6.07) is 1.76. The summed E-state index contributed by atoms with van der Waals surface area (Å²) in [5.41, 5.74) is -0.476. The number of aliphatic hydroxyl groups is 1. The first-order valence-electron chi connectivity index (χ1n) is 10.3. The molecule has 0 radical (unpaired) electrons. The number of carbonyl (C=O) groups is 2. The lowest BCUT2D eigenvalue weighted by Crippen LogP contribution is -2.53. The monoisotopic (exact) mass is 409 g/mol. The van der Waals surface area contributed by atoms with Gasteiger partial charge in [-0.05, 0) is 38.5 Å². The molecule has 3 saturated heterocycles. The quantitative estimate of drug-likeness (QED) is 0.806. The van der Waals surface area contributed by atoms with E-state index in [1.165, 1.54) is 0 Å². The molecule has 0 unspecified atom stereocenters. The van der Waals surface area contributed by atoms with Gasteiger partial charge in [0.25, 0.3) is 0 Å². The predicted octanol–water partition coefficient (Wildman–Crippen LogP) is 2.40. The average molecular weight is 410 g/mol. The van der Waals surface area contributed by atoms with E-state index < -0.39 is 5.41 Å².